The van der Waals surface area contributed by atoms with Crippen LogP contribution in [0.4, 0.5) is 0 Å². The van der Waals surface area contributed by atoms with E-state index in [1.54, 1.807) is 16.0 Å². The first-order chi connectivity index (χ1) is 7.70. The Kier molecular flexibility index (Phi) is 3.41. The first-order valence-corrected chi connectivity index (χ1v) is 6.36. The molecule has 0 bridgehead atoms. The second-order valence-electron chi connectivity index (χ2n) is 3.91. The minimum absolute atomic E-state index is 0.446. The summed E-state index contributed by atoms with van der Waals surface area (Å²) in [7, 11) is 1.89. The summed E-state index contributed by atoms with van der Waals surface area (Å²) in [4.78, 5) is 0. The molecule has 2 heterocycles. The molecule has 4 heteroatoms. The van der Waals surface area contributed by atoms with Crippen molar-refractivity contribution >= 4 is 11.3 Å². The molecule has 0 aliphatic rings. The number of aromatic nitrogens is 2. The number of aryl methyl sites for hydroxylation is 2. The van der Waals surface area contributed by atoms with Crippen molar-refractivity contribution in [2.24, 2.45) is 7.05 Å². The maximum atomic E-state index is 10.2. The summed E-state index contributed by atoms with van der Waals surface area (Å²) in [6.45, 7) is 2.06. The van der Waals surface area contributed by atoms with Gasteiger partial charge >= 0.3 is 0 Å². The van der Waals surface area contributed by atoms with E-state index >= 15 is 0 Å². The molecule has 16 heavy (non-hydrogen) atoms. The molecule has 0 aliphatic heterocycles. The topological polar surface area (TPSA) is 38.0 Å². The molecule has 0 aliphatic carbocycles. The number of thiophene rings is 1. The van der Waals surface area contributed by atoms with Crippen molar-refractivity contribution in [3.63, 3.8) is 0 Å². The highest BCUT2D eigenvalue weighted by molar-refractivity contribution is 7.07. The minimum atomic E-state index is -0.446. The third-order valence-electron chi connectivity index (χ3n) is 2.64. The second kappa shape index (κ2) is 4.80. The van der Waals surface area contributed by atoms with Gasteiger partial charge in [0.15, 0.2) is 0 Å². The Bertz CT molecular complexity index is 448. The van der Waals surface area contributed by atoms with E-state index in [2.05, 4.69) is 23.5 Å². The minimum Gasteiger partial charge on any atom is -0.388 e. The monoisotopic (exact) mass is 236 g/mol. The summed E-state index contributed by atoms with van der Waals surface area (Å²) >= 11 is 1.66. The van der Waals surface area contributed by atoms with E-state index in [4.69, 9.17) is 0 Å². The van der Waals surface area contributed by atoms with Crippen molar-refractivity contribution in [1.82, 2.24) is 9.78 Å². The molecule has 2 rings (SSSR count). The highest BCUT2D eigenvalue weighted by Crippen LogP contribution is 2.22. The van der Waals surface area contributed by atoms with Gasteiger partial charge in [-0.2, -0.15) is 16.4 Å². The molecule has 0 amide bonds. The number of hydrogen-bond donors (Lipinski definition) is 1. The quantitative estimate of drug-likeness (QED) is 0.884. The molecule has 86 valence electrons. The van der Waals surface area contributed by atoms with Crippen molar-refractivity contribution in [3.8, 4) is 0 Å². The predicted octanol–water partition coefficient (Wildman–Crippen LogP) is 2.32. The largest absolute Gasteiger partial charge is 0.388 e. The molecular weight excluding hydrogens is 220 g/mol. The van der Waals surface area contributed by atoms with Crippen LogP contribution >= 0.6 is 11.3 Å². The number of rotatable bonds is 4. The number of aliphatic hydroxyl groups excluding tert-OH is 1. The molecular formula is C12H16N2OS. The first kappa shape index (κ1) is 11.4. The van der Waals surface area contributed by atoms with Gasteiger partial charge in [0.05, 0.1) is 11.8 Å². The molecule has 1 atom stereocenters. The van der Waals surface area contributed by atoms with E-state index in [0.29, 0.717) is 6.42 Å². The van der Waals surface area contributed by atoms with Crippen molar-refractivity contribution < 1.29 is 5.11 Å². The Hall–Kier alpha value is -1.13. The van der Waals surface area contributed by atoms with Crippen LogP contribution in [0.5, 0.6) is 0 Å². The van der Waals surface area contributed by atoms with Crippen LogP contribution in [0.2, 0.25) is 0 Å². The third-order valence-corrected chi connectivity index (χ3v) is 3.37. The zero-order valence-electron chi connectivity index (χ0n) is 9.55. The van der Waals surface area contributed by atoms with Crippen LogP contribution in [0.25, 0.3) is 0 Å². The summed E-state index contributed by atoms with van der Waals surface area (Å²) in [5, 5.41) is 18.6. The van der Waals surface area contributed by atoms with Gasteiger partial charge in [-0.05, 0) is 28.8 Å². The summed E-state index contributed by atoms with van der Waals surface area (Å²) < 4.78 is 1.77. The lowest BCUT2D eigenvalue weighted by Gasteiger charge is -2.08. The lowest BCUT2D eigenvalue weighted by Crippen LogP contribution is -2.02. The van der Waals surface area contributed by atoms with Gasteiger partial charge in [-0.3, -0.25) is 4.68 Å². The Morgan fingerprint density at radius 2 is 2.38 bits per heavy atom. The average Bonchev–Trinajstić information content (AvgIpc) is 2.86. The van der Waals surface area contributed by atoms with Crippen molar-refractivity contribution in [3.05, 3.63) is 39.8 Å². The van der Waals surface area contributed by atoms with Gasteiger partial charge in [-0.1, -0.05) is 6.92 Å². The predicted molar refractivity (Wildman–Crippen MR) is 65.6 cm³/mol. The highest BCUT2D eigenvalue weighted by Gasteiger charge is 2.15. The van der Waals surface area contributed by atoms with Crippen LogP contribution in [0.15, 0.2) is 23.0 Å². The van der Waals surface area contributed by atoms with Gasteiger partial charge < -0.3 is 5.11 Å². The van der Waals surface area contributed by atoms with E-state index in [9.17, 15) is 5.11 Å². The zero-order valence-corrected chi connectivity index (χ0v) is 10.4. The van der Waals surface area contributed by atoms with Gasteiger partial charge in [0.2, 0.25) is 0 Å². The maximum absolute atomic E-state index is 10.2. The van der Waals surface area contributed by atoms with Crippen LogP contribution in [0.1, 0.15) is 29.8 Å². The molecule has 1 unspecified atom stereocenters. The van der Waals surface area contributed by atoms with E-state index in [0.717, 1.165) is 17.7 Å². The number of nitrogens with zero attached hydrogens (tertiary/aromatic N) is 2. The van der Waals surface area contributed by atoms with E-state index in [-0.39, 0.29) is 0 Å². The second-order valence-corrected chi connectivity index (χ2v) is 4.69. The summed E-state index contributed by atoms with van der Waals surface area (Å²) in [6.07, 6.45) is 2.99. The van der Waals surface area contributed by atoms with E-state index < -0.39 is 6.10 Å². The molecule has 3 nitrogen and oxygen atoms in total. The van der Waals surface area contributed by atoms with Crippen molar-refractivity contribution in [2.75, 3.05) is 0 Å². The molecule has 0 saturated carbocycles. The van der Waals surface area contributed by atoms with Crippen LogP contribution in [0, 0.1) is 0 Å². The maximum Gasteiger partial charge on any atom is 0.0863 e. The molecule has 2 aromatic rings. The summed E-state index contributed by atoms with van der Waals surface area (Å²) in [5.41, 5.74) is 3.13. The standard InChI is InChI=1S/C12H16N2OS/c1-3-11-10(7-14(2)13-11)12(15)6-9-4-5-16-8-9/h4-5,7-8,12,15H,3,6H2,1-2H3. The van der Waals surface area contributed by atoms with Gasteiger partial charge in [0.25, 0.3) is 0 Å². The molecule has 0 fully saturated rings. The van der Waals surface area contributed by atoms with E-state index in [1.165, 1.54) is 5.56 Å². The van der Waals surface area contributed by atoms with Gasteiger partial charge in [0, 0.05) is 25.2 Å². The Morgan fingerprint density at radius 1 is 1.56 bits per heavy atom. The molecule has 0 saturated heterocycles. The molecule has 1 N–H and O–H groups in total. The normalized spacial score (nSPS) is 12.9. The Balaban J connectivity index is 2.16. The van der Waals surface area contributed by atoms with Crippen LogP contribution in [-0.2, 0) is 19.9 Å². The molecule has 0 spiro atoms. The Morgan fingerprint density at radius 3 is 3.00 bits per heavy atom. The molecule has 0 aromatic carbocycles. The molecule has 0 radical (unpaired) electrons. The lowest BCUT2D eigenvalue weighted by molar-refractivity contribution is 0.177. The summed E-state index contributed by atoms with van der Waals surface area (Å²) in [5.74, 6) is 0. The fraction of sp³-hybridized carbons (Fsp3) is 0.417. The first-order valence-electron chi connectivity index (χ1n) is 5.42. The van der Waals surface area contributed by atoms with Gasteiger partial charge in [-0.25, -0.2) is 0 Å². The van der Waals surface area contributed by atoms with E-state index in [1.807, 2.05) is 18.6 Å². The summed E-state index contributed by atoms with van der Waals surface area (Å²) in [6, 6.07) is 2.05. The fourth-order valence-corrected chi connectivity index (χ4v) is 2.53. The number of hydrogen-bond acceptors (Lipinski definition) is 3. The van der Waals surface area contributed by atoms with Crippen LogP contribution in [0.3, 0.4) is 0 Å². The number of aliphatic hydroxyl groups is 1. The van der Waals surface area contributed by atoms with Crippen LogP contribution in [-0.4, -0.2) is 14.9 Å². The van der Waals surface area contributed by atoms with Gasteiger partial charge in [-0.15, -0.1) is 0 Å². The lowest BCUT2D eigenvalue weighted by atomic mass is 10.0. The van der Waals surface area contributed by atoms with Crippen molar-refractivity contribution in [2.45, 2.75) is 25.9 Å². The van der Waals surface area contributed by atoms with Crippen LogP contribution < -0.4 is 0 Å². The SMILES string of the molecule is CCc1nn(C)cc1C(O)Cc1ccsc1. The third kappa shape index (κ3) is 2.33. The fourth-order valence-electron chi connectivity index (χ4n) is 1.85. The zero-order chi connectivity index (χ0) is 11.5. The smallest absolute Gasteiger partial charge is 0.0863 e. The van der Waals surface area contributed by atoms with Crippen molar-refractivity contribution in [1.29, 1.82) is 0 Å². The average molecular weight is 236 g/mol. The highest BCUT2D eigenvalue weighted by atomic mass is 32.1. The Labute approximate surface area is 99.4 Å². The molecule has 2 aromatic heterocycles. The van der Waals surface area contributed by atoms with Gasteiger partial charge in [0.1, 0.15) is 0 Å².